The molecule has 0 unspecified atom stereocenters. The average molecular weight is 302 g/mol. The molecule has 0 aliphatic carbocycles. The average Bonchev–Trinajstić information content (AvgIpc) is 2.39. The van der Waals surface area contributed by atoms with Gasteiger partial charge >= 0.3 is 5.97 Å². The third-order valence-corrected chi connectivity index (χ3v) is 5.02. The summed E-state index contributed by atoms with van der Waals surface area (Å²) in [6.45, 7) is 0.692. The van der Waals surface area contributed by atoms with Crippen molar-refractivity contribution in [2.75, 3.05) is 13.1 Å². The third-order valence-electron chi connectivity index (χ3n) is 2.83. The lowest BCUT2D eigenvalue weighted by molar-refractivity contribution is 0.0697. The molecule has 0 amide bonds. The molecule has 0 aromatic heterocycles. The van der Waals surface area contributed by atoms with Crippen molar-refractivity contribution in [3.63, 3.8) is 0 Å². The molecule has 7 heteroatoms. The molecule has 1 aliphatic heterocycles. The van der Waals surface area contributed by atoms with Gasteiger partial charge in [0.2, 0.25) is 10.0 Å². The molecule has 1 aromatic carbocycles. The Morgan fingerprint density at radius 1 is 1.32 bits per heavy atom. The molecule has 5 nitrogen and oxygen atoms in total. The summed E-state index contributed by atoms with van der Waals surface area (Å²) in [5.74, 6) is -1.25. The van der Waals surface area contributed by atoms with E-state index in [4.69, 9.17) is 16.7 Å². The maximum Gasteiger partial charge on any atom is 0.337 e. The van der Waals surface area contributed by atoms with E-state index in [1.807, 2.05) is 6.08 Å². The number of rotatable bonds is 3. The Hall–Kier alpha value is -1.37. The Morgan fingerprint density at radius 2 is 2.05 bits per heavy atom. The van der Waals surface area contributed by atoms with Crippen molar-refractivity contribution in [2.45, 2.75) is 11.3 Å². The van der Waals surface area contributed by atoms with Gasteiger partial charge in [-0.1, -0.05) is 23.8 Å². The molecule has 1 N–H and O–H groups in total. The number of hydrogen-bond acceptors (Lipinski definition) is 3. The van der Waals surface area contributed by atoms with Crippen LogP contribution >= 0.6 is 11.6 Å². The van der Waals surface area contributed by atoms with Crippen LogP contribution in [0.3, 0.4) is 0 Å². The van der Waals surface area contributed by atoms with E-state index in [2.05, 4.69) is 0 Å². The van der Waals surface area contributed by atoms with Crippen molar-refractivity contribution in [2.24, 2.45) is 0 Å². The quantitative estimate of drug-likeness (QED) is 0.866. The van der Waals surface area contributed by atoms with Crippen LogP contribution in [0.1, 0.15) is 16.8 Å². The van der Waals surface area contributed by atoms with Crippen LogP contribution in [0.25, 0.3) is 0 Å². The summed E-state index contributed by atoms with van der Waals surface area (Å²) in [6.07, 6.45) is 4.34. The van der Waals surface area contributed by atoms with Gasteiger partial charge in [0.05, 0.1) is 15.5 Å². The van der Waals surface area contributed by atoms with Crippen LogP contribution in [0.4, 0.5) is 0 Å². The molecule has 102 valence electrons. The van der Waals surface area contributed by atoms with Crippen molar-refractivity contribution >= 4 is 27.6 Å². The first-order valence-corrected chi connectivity index (χ1v) is 7.43. The van der Waals surface area contributed by atoms with E-state index >= 15 is 0 Å². The zero-order chi connectivity index (χ0) is 14.0. The first kappa shape index (κ1) is 14.0. The van der Waals surface area contributed by atoms with E-state index in [9.17, 15) is 13.2 Å². The molecule has 2 rings (SSSR count). The molecule has 0 bridgehead atoms. The summed E-state index contributed by atoms with van der Waals surface area (Å²) in [5.41, 5.74) is -0.213. The lowest BCUT2D eigenvalue weighted by Crippen LogP contribution is -2.33. The molecule has 19 heavy (non-hydrogen) atoms. The van der Waals surface area contributed by atoms with Gasteiger partial charge in [-0.15, -0.1) is 0 Å². The number of aromatic carboxylic acids is 1. The van der Waals surface area contributed by atoms with Crippen LogP contribution in [0.5, 0.6) is 0 Å². The Kier molecular flexibility index (Phi) is 3.93. The fourth-order valence-corrected chi connectivity index (χ4v) is 3.45. The molecule has 1 heterocycles. The Morgan fingerprint density at radius 3 is 2.63 bits per heavy atom. The number of carboxylic acids is 1. The zero-order valence-electron chi connectivity index (χ0n) is 9.91. The predicted molar refractivity (Wildman–Crippen MR) is 70.9 cm³/mol. The number of carboxylic acid groups (broad SMARTS) is 1. The standard InChI is InChI=1S/C12H12ClNO4S/c13-11-5-4-9(8-10(11)12(15)16)19(17,18)14-6-2-1-3-7-14/h1-2,4-5,8H,3,6-7H2,(H,15,16). The highest BCUT2D eigenvalue weighted by atomic mass is 35.5. The van der Waals surface area contributed by atoms with Gasteiger partial charge in [0.1, 0.15) is 0 Å². The highest BCUT2D eigenvalue weighted by Crippen LogP contribution is 2.23. The Balaban J connectivity index is 2.43. The van der Waals surface area contributed by atoms with Crippen LogP contribution in [0, 0.1) is 0 Å². The molecule has 0 saturated carbocycles. The summed E-state index contributed by atoms with van der Waals surface area (Å²) in [6, 6.07) is 3.71. The molecule has 0 atom stereocenters. The molecule has 1 aliphatic rings. The van der Waals surface area contributed by atoms with Crippen LogP contribution in [-0.2, 0) is 10.0 Å². The van der Waals surface area contributed by atoms with E-state index in [0.717, 1.165) is 6.07 Å². The van der Waals surface area contributed by atoms with Gasteiger partial charge in [0, 0.05) is 13.1 Å². The largest absolute Gasteiger partial charge is 0.478 e. The van der Waals surface area contributed by atoms with Crippen molar-refractivity contribution in [3.8, 4) is 0 Å². The Labute approximate surface area is 116 Å². The fourth-order valence-electron chi connectivity index (χ4n) is 1.82. The lowest BCUT2D eigenvalue weighted by Gasteiger charge is -2.22. The van der Waals surface area contributed by atoms with Crippen molar-refractivity contribution < 1.29 is 18.3 Å². The summed E-state index contributed by atoms with van der Waals surface area (Å²) in [5, 5.41) is 8.98. The van der Waals surface area contributed by atoms with E-state index in [-0.39, 0.29) is 15.5 Å². The van der Waals surface area contributed by atoms with Gasteiger partial charge < -0.3 is 5.11 Å². The summed E-state index contributed by atoms with van der Waals surface area (Å²) >= 11 is 5.73. The first-order valence-electron chi connectivity index (χ1n) is 5.61. The van der Waals surface area contributed by atoms with E-state index in [1.165, 1.54) is 16.4 Å². The molecule has 0 fully saturated rings. The van der Waals surface area contributed by atoms with E-state index in [1.54, 1.807) is 6.08 Å². The third kappa shape index (κ3) is 2.80. The van der Waals surface area contributed by atoms with Crippen LogP contribution < -0.4 is 0 Å². The van der Waals surface area contributed by atoms with E-state index < -0.39 is 16.0 Å². The van der Waals surface area contributed by atoms with Gasteiger partial charge in [-0.05, 0) is 24.6 Å². The number of sulfonamides is 1. The second kappa shape index (κ2) is 5.32. The summed E-state index contributed by atoms with van der Waals surface area (Å²) < 4.78 is 26.0. The minimum absolute atomic E-state index is 0.0185. The van der Waals surface area contributed by atoms with Crippen LogP contribution in [0.2, 0.25) is 5.02 Å². The van der Waals surface area contributed by atoms with Gasteiger partial charge in [0.15, 0.2) is 0 Å². The molecular weight excluding hydrogens is 290 g/mol. The second-order valence-corrected chi connectivity index (χ2v) is 6.42. The molecular formula is C12H12ClNO4S. The van der Waals surface area contributed by atoms with Gasteiger partial charge in [-0.25, -0.2) is 13.2 Å². The topological polar surface area (TPSA) is 74.7 Å². The molecule has 0 spiro atoms. The molecule has 0 saturated heterocycles. The minimum atomic E-state index is -3.67. The minimum Gasteiger partial charge on any atom is -0.478 e. The molecule has 0 radical (unpaired) electrons. The highest BCUT2D eigenvalue weighted by Gasteiger charge is 2.25. The summed E-state index contributed by atoms with van der Waals surface area (Å²) in [4.78, 5) is 10.9. The van der Waals surface area contributed by atoms with Gasteiger partial charge in [0.25, 0.3) is 0 Å². The normalized spacial score (nSPS) is 16.5. The maximum absolute atomic E-state index is 12.3. The van der Waals surface area contributed by atoms with Gasteiger partial charge in [-0.3, -0.25) is 0 Å². The van der Waals surface area contributed by atoms with Crippen LogP contribution in [0.15, 0.2) is 35.2 Å². The highest BCUT2D eigenvalue weighted by molar-refractivity contribution is 7.89. The van der Waals surface area contributed by atoms with Gasteiger partial charge in [-0.2, -0.15) is 4.31 Å². The number of halogens is 1. The zero-order valence-corrected chi connectivity index (χ0v) is 11.5. The monoisotopic (exact) mass is 301 g/mol. The first-order chi connectivity index (χ1) is 8.93. The van der Waals surface area contributed by atoms with Crippen LogP contribution in [-0.4, -0.2) is 36.9 Å². The smallest absolute Gasteiger partial charge is 0.337 e. The van der Waals surface area contributed by atoms with Crippen molar-refractivity contribution in [1.29, 1.82) is 0 Å². The number of hydrogen-bond donors (Lipinski definition) is 1. The fraction of sp³-hybridized carbons (Fsp3) is 0.250. The van der Waals surface area contributed by atoms with Crippen molar-refractivity contribution in [3.05, 3.63) is 40.9 Å². The number of nitrogens with zero attached hydrogens (tertiary/aromatic N) is 1. The Bertz CT molecular complexity index is 639. The molecule has 1 aromatic rings. The van der Waals surface area contributed by atoms with Crippen molar-refractivity contribution in [1.82, 2.24) is 4.31 Å². The van der Waals surface area contributed by atoms with E-state index in [0.29, 0.717) is 19.5 Å². The SMILES string of the molecule is O=C(O)c1cc(S(=O)(=O)N2CC=CCC2)ccc1Cl. The number of benzene rings is 1. The maximum atomic E-state index is 12.3. The number of carbonyl (C=O) groups is 1. The predicted octanol–water partition coefficient (Wildman–Crippen LogP) is 1.99. The summed E-state index contributed by atoms with van der Waals surface area (Å²) in [7, 11) is -3.67. The second-order valence-electron chi connectivity index (χ2n) is 4.07. The lowest BCUT2D eigenvalue weighted by atomic mass is 10.2.